The van der Waals surface area contributed by atoms with Crippen LogP contribution in [0.5, 0.6) is 17.2 Å². The SMILES string of the molecule is COc1ccccc1N1CCN(C(=O)C2(c3cc(-c4ccc5c(c4)OCO5)on3)CC2)CC1. The molecule has 8 nitrogen and oxygen atoms in total. The number of hydrogen-bond acceptors (Lipinski definition) is 7. The Morgan fingerprint density at radius 3 is 2.58 bits per heavy atom. The number of nitrogens with zero attached hydrogens (tertiary/aromatic N) is 3. The number of piperazine rings is 1. The highest BCUT2D eigenvalue weighted by atomic mass is 16.7. The van der Waals surface area contributed by atoms with E-state index in [2.05, 4.69) is 16.1 Å². The number of aromatic nitrogens is 1. The largest absolute Gasteiger partial charge is 0.495 e. The summed E-state index contributed by atoms with van der Waals surface area (Å²) < 4.78 is 22.0. The van der Waals surface area contributed by atoms with Crippen LogP contribution in [-0.2, 0) is 10.2 Å². The first-order valence-corrected chi connectivity index (χ1v) is 11.2. The lowest BCUT2D eigenvalue weighted by Crippen LogP contribution is -2.51. The molecule has 0 N–H and O–H groups in total. The quantitative estimate of drug-likeness (QED) is 0.593. The number of rotatable bonds is 5. The third kappa shape index (κ3) is 3.37. The summed E-state index contributed by atoms with van der Waals surface area (Å²) in [5, 5.41) is 4.30. The fourth-order valence-corrected chi connectivity index (χ4v) is 4.74. The maximum atomic E-state index is 13.5. The molecule has 3 aromatic rings. The molecule has 1 saturated carbocycles. The van der Waals surface area contributed by atoms with Crippen molar-refractivity contribution in [2.75, 3.05) is 45.0 Å². The molecule has 6 rings (SSSR count). The summed E-state index contributed by atoms with van der Waals surface area (Å²) in [4.78, 5) is 17.8. The van der Waals surface area contributed by atoms with Crippen molar-refractivity contribution in [2.24, 2.45) is 0 Å². The van der Waals surface area contributed by atoms with Gasteiger partial charge in [-0.3, -0.25) is 4.79 Å². The molecule has 1 saturated heterocycles. The Kier molecular flexibility index (Phi) is 4.67. The second kappa shape index (κ2) is 7.72. The number of carbonyl (C=O) groups excluding carboxylic acids is 1. The van der Waals surface area contributed by atoms with Gasteiger partial charge in [0.25, 0.3) is 0 Å². The number of methoxy groups -OCH3 is 1. The van der Waals surface area contributed by atoms with Gasteiger partial charge in [-0.1, -0.05) is 17.3 Å². The Labute approximate surface area is 191 Å². The van der Waals surface area contributed by atoms with Crippen LogP contribution in [0.25, 0.3) is 11.3 Å². The Balaban J connectivity index is 1.16. The van der Waals surface area contributed by atoms with Crippen LogP contribution in [-0.4, -0.2) is 56.0 Å². The van der Waals surface area contributed by atoms with Crippen molar-refractivity contribution in [2.45, 2.75) is 18.3 Å². The molecule has 3 aliphatic rings. The van der Waals surface area contributed by atoms with E-state index in [4.69, 9.17) is 18.7 Å². The summed E-state index contributed by atoms with van der Waals surface area (Å²) in [6, 6.07) is 15.6. The highest BCUT2D eigenvalue weighted by Crippen LogP contribution is 2.50. The van der Waals surface area contributed by atoms with E-state index in [1.807, 2.05) is 47.4 Å². The van der Waals surface area contributed by atoms with E-state index in [0.717, 1.165) is 48.7 Å². The molecular formula is C25H25N3O5. The fraction of sp³-hybridized carbons (Fsp3) is 0.360. The predicted octanol–water partition coefficient (Wildman–Crippen LogP) is 3.46. The number of ether oxygens (including phenoxy) is 3. The molecule has 0 radical (unpaired) electrons. The van der Waals surface area contributed by atoms with Gasteiger partial charge in [0, 0.05) is 37.8 Å². The summed E-state index contributed by atoms with van der Waals surface area (Å²) in [5.41, 5.74) is 2.07. The zero-order valence-electron chi connectivity index (χ0n) is 18.5. The van der Waals surface area contributed by atoms with Gasteiger partial charge in [-0.15, -0.1) is 0 Å². The van der Waals surface area contributed by atoms with Gasteiger partial charge in [-0.25, -0.2) is 0 Å². The molecule has 1 aromatic heterocycles. The number of benzene rings is 2. The van der Waals surface area contributed by atoms with Gasteiger partial charge < -0.3 is 28.5 Å². The maximum Gasteiger partial charge on any atom is 0.235 e. The van der Waals surface area contributed by atoms with Crippen LogP contribution in [0.3, 0.4) is 0 Å². The Hall–Kier alpha value is -3.68. The van der Waals surface area contributed by atoms with Crippen molar-refractivity contribution in [3.8, 4) is 28.6 Å². The van der Waals surface area contributed by atoms with Crippen LogP contribution in [0.15, 0.2) is 53.1 Å². The van der Waals surface area contributed by atoms with Crippen molar-refractivity contribution in [3.05, 3.63) is 54.2 Å². The van der Waals surface area contributed by atoms with Crippen LogP contribution < -0.4 is 19.1 Å². The van der Waals surface area contributed by atoms with E-state index in [0.29, 0.717) is 30.3 Å². The van der Waals surface area contributed by atoms with Crippen LogP contribution >= 0.6 is 0 Å². The van der Waals surface area contributed by atoms with Gasteiger partial charge in [0.05, 0.1) is 23.9 Å². The van der Waals surface area contributed by atoms with Gasteiger partial charge in [0.15, 0.2) is 17.3 Å². The number of fused-ring (bicyclic) bond motifs is 1. The number of amides is 1. The molecular weight excluding hydrogens is 422 g/mol. The first-order valence-electron chi connectivity index (χ1n) is 11.2. The summed E-state index contributed by atoms with van der Waals surface area (Å²) in [6.45, 7) is 3.10. The van der Waals surface area contributed by atoms with Gasteiger partial charge in [-0.05, 0) is 43.2 Å². The summed E-state index contributed by atoms with van der Waals surface area (Å²) in [6.07, 6.45) is 1.59. The number of carbonyl (C=O) groups is 1. The van der Waals surface area contributed by atoms with Crippen molar-refractivity contribution >= 4 is 11.6 Å². The minimum Gasteiger partial charge on any atom is -0.495 e. The summed E-state index contributed by atoms with van der Waals surface area (Å²) >= 11 is 0. The van der Waals surface area contributed by atoms with Crippen LogP contribution in [0.2, 0.25) is 0 Å². The molecule has 3 heterocycles. The average Bonchev–Trinajstić information content (AvgIpc) is 3.29. The van der Waals surface area contributed by atoms with Crippen LogP contribution in [0.1, 0.15) is 18.5 Å². The highest BCUT2D eigenvalue weighted by Gasteiger charge is 2.55. The van der Waals surface area contributed by atoms with E-state index in [-0.39, 0.29) is 12.7 Å². The summed E-state index contributed by atoms with van der Waals surface area (Å²) in [5.74, 6) is 3.04. The van der Waals surface area contributed by atoms with E-state index in [9.17, 15) is 4.79 Å². The summed E-state index contributed by atoms with van der Waals surface area (Å²) in [7, 11) is 1.69. The normalized spacial score (nSPS) is 18.3. The molecule has 2 fully saturated rings. The number of hydrogen-bond donors (Lipinski definition) is 0. The second-order valence-corrected chi connectivity index (χ2v) is 8.68. The Morgan fingerprint density at radius 1 is 1.00 bits per heavy atom. The Morgan fingerprint density at radius 2 is 1.79 bits per heavy atom. The first-order chi connectivity index (χ1) is 16.2. The zero-order valence-corrected chi connectivity index (χ0v) is 18.5. The molecule has 0 bridgehead atoms. The standard InChI is InChI=1S/C25H25N3O5/c1-30-19-5-3-2-4-18(19)27-10-12-28(13-11-27)24(29)25(8-9-25)23-15-21(33-26-23)17-6-7-20-22(14-17)32-16-31-20/h2-7,14-15H,8-13,16H2,1H3. The third-order valence-corrected chi connectivity index (χ3v) is 6.81. The topological polar surface area (TPSA) is 77.3 Å². The molecule has 33 heavy (non-hydrogen) atoms. The van der Waals surface area contributed by atoms with Crippen LogP contribution in [0.4, 0.5) is 5.69 Å². The van der Waals surface area contributed by atoms with Gasteiger partial charge >= 0.3 is 0 Å². The molecule has 170 valence electrons. The monoisotopic (exact) mass is 447 g/mol. The lowest BCUT2D eigenvalue weighted by Gasteiger charge is -2.37. The third-order valence-electron chi connectivity index (χ3n) is 6.81. The highest BCUT2D eigenvalue weighted by molar-refractivity contribution is 5.91. The number of anilines is 1. The fourth-order valence-electron chi connectivity index (χ4n) is 4.74. The smallest absolute Gasteiger partial charge is 0.235 e. The van der Waals surface area contributed by atoms with Crippen molar-refractivity contribution in [1.82, 2.24) is 10.1 Å². The maximum absolute atomic E-state index is 13.5. The molecule has 0 unspecified atom stereocenters. The van der Waals surface area contributed by atoms with Crippen molar-refractivity contribution < 1.29 is 23.5 Å². The molecule has 1 amide bonds. The van der Waals surface area contributed by atoms with E-state index in [1.165, 1.54) is 0 Å². The van der Waals surface area contributed by atoms with Gasteiger partial charge in [0.1, 0.15) is 5.75 Å². The predicted molar refractivity (Wildman–Crippen MR) is 121 cm³/mol. The minimum atomic E-state index is -0.565. The minimum absolute atomic E-state index is 0.146. The molecule has 2 aromatic carbocycles. The first kappa shape index (κ1) is 20.0. The molecule has 1 aliphatic carbocycles. The van der Waals surface area contributed by atoms with Crippen LogP contribution in [0, 0.1) is 0 Å². The zero-order chi connectivity index (χ0) is 22.4. The number of para-hydroxylation sites is 2. The van der Waals surface area contributed by atoms with E-state index in [1.54, 1.807) is 7.11 Å². The Bertz CT molecular complexity index is 1190. The molecule has 2 aliphatic heterocycles. The average molecular weight is 447 g/mol. The molecule has 0 spiro atoms. The van der Waals surface area contributed by atoms with Crippen molar-refractivity contribution in [1.29, 1.82) is 0 Å². The second-order valence-electron chi connectivity index (χ2n) is 8.68. The lowest BCUT2D eigenvalue weighted by molar-refractivity contribution is -0.134. The van der Waals surface area contributed by atoms with Crippen molar-refractivity contribution in [3.63, 3.8) is 0 Å². The van der Waals surface area contributed by atoms with Gasteiger partial charge in [-0.2, -0.15) is 0 Å². The van der Waals surface area contributed by atoms with Gasteiger partial charge in [0.2, 0.25) is 12.7 Å². The lowest BCUT2D eigenvalue weighted by atomic mass is 9.99. The molecule has 8 heteroatoms. The molecule has 0 atom stereocenters. The van der Waals surface area contributed by atoms with E-state index >= 15 is 0 Å². The van der Waals surface area contributed by atoms with E-state index < -0.39 is 5.41 Å².